The first-order valence-corrected chi connectivity index (χ1v) is 11.1. The Morgan fingerprint density at radius 2 is 1.96 bits per heavy atom. The summed E-state index contributed by atoms with van der Waals surface area (Å²) in [6.45, 7) is 10.7. The van der Waals surface area contributed by atoms with Gasteiger partial charge in [-0.3, -0.25) is 9.69 Å². The van der Waals surface area contributed by atoms with E-state index in [2.05, 4.69) is 41.8 Å². The topological polar surface area (TPSA) is 79.2 Å². The summed E-state index contributed by atoms with van der Waals surface area (Å²) in [6, 6.07) is 0.191. The second-order valence-corrected chi connectivity index (χ2v) is 8.71. The number of nitrogens with one attached hydrogen (secondary N) is 1. The average molecular weight is 404 g/mol. The number of hydrogen-bond acceptors (Lipinski definition) is 7. The second-order valence-electron chi connectivity index (χ2n) is 7.65. The third-order valence-corrected chi connectivity index (χ3v) is 6.51. The number of nitrogens with zero attached hydrogens (tertiary/aromatic N) is 6. The minimum Gasteiger partial charge on any atom is -0.352 e. The molecule has 1 fully saturated rings. The molecule has 152 valence electrons. The molecule has 2 aliphatic heterocycles. The van der Waals surface area contributed by atoms with E-state index in [1.807, 2.05) is 12.3 Å². The lowest BCUT2D eigenvalue weighted by Gasteiger charge is -2.33. The van der Waals surface area contributed by atoms with Gasteiger partial charge in [-0.05, 0) is 26.3 Å². The first-order valence-electron chi connectivity index (χ1n) is 10.2. The number of carbonyl (C=O) groups excluding carboxylic acids is 1. The van der Waals surface area contributed by atoms with Crippen molar-refractivity contribution in [3.8, 4) is 11.5 Å². The summed E-state index contributed by atoms with van der Waals surface area (Å²) in [5, 5.41) is 15.1. The molecule has 0 saturated carbocycles. The maximum atomic E-state index is 12.5. The van der Waals surface area contributed by atoms with Gasteiger partial charge in [-0.2, -0.15) is 0 Å². The van der Waals surface area contributed by atoms with E-state index in [4.69, 9.17) is 0 Å². The lowest BCUT2D eigenvalue weighted by molar-refractivity contribution is -0.123. The third-order valence-electron chi connectivity index (χ3n) is 5.74. The lowest BCUT2D eigenvalue weighted by Crippen LogP contribution is -2.50. The molecular formula is C19H29N7OS. The molecule has 1 unspecified atom stereocenters. The van der Waals surface area contributed by atoms with Gasteiger partial charge in [-0.15, -0.1) is 21.5 Å². The van der Waals surface area contributed by atoms with E-state index >= 15 is 0 Å². The van der Waals surface area contributed by atoms with Crippen molar-refractivity contribution < 1.29 is 4.79 Å². The molecular weight excluding hydrogens is 374 g/mol. The van der Waals surface area contributed by atoms with E-state index in [1.54, 1.807) is 11.3 Å². The smallest absolute Gasteiger partial charge is 0.234 e. The monoisotopic (exact) mass is 403 g/mol. The summed E-state index contributed by atoms with van der Waals surface area (Å²) in [4.78, 5) is 21.8. The van der Waals surface area contributed by atoms with Gasteiger partial charge >= 0.3 is 0 Å². The summed E-state index contributed by atoms with van der Waals surface area (Å²) < 4.78 is 2.17. The summed E-state index contributed by atoms with van der Waals surface area (Å²) in [7, 11) is 0. The van der Waals surface area contributed by atoms with Crippen LogP contribution in [0.3, 0.4) is 0 Å². The second kappa shape index (κ2) is 8.67. The van der Waals surface area contributed by atoms with Crippen LogP contribution in [0.4, 0.5) is 0 Å². The number of piperazine rings is 1. The number of hydrogen-bond donors (Lipinski definition) is 1. The van der Waals surface area contributed by atoms with Gasteiger partial charge in [0.15, 0.2) is 5.82 Å². The van der Waals surface area contributed by atoms with E-state index in [0.29, 0.717) is 6.54 Å². The van der Waals surface area contributed by atoms with Crippen LogP contribution in [0.1, 0.15) is 30.6 Å². The van der Waals surface area contributed by atoms with Crippen molar-refractivity contribution in [1.82, 2.24) is 34.9 Å². The molecule has 4 rings (SSSR count). The Bertz CT molecular complexity index is 809. The van der Waals surface area contributed by atoms with Crippen LogP contribution in [-0.4, -0.2) is 80.8 Å². The minimum atomic E-state index is 0.142. The number of likely N-dealkylation sites (N-methyl/N-ethyl adjacent to an activating group) is 1. The Balaban J connectivity index is 1.31. The number of thiazole rings is 1. The van der Waals surface area contributed by atoms with Gasteiger partial charge < -0.3 is 14.8 Å². The van der Waals surface area contributed by atoms with Crippen LogP contribution in [0.5, 0.6) is 0 Å². The molecule has 2 aliphatic rings. The molecule has 4 heterocycles. The Kier molecular flexibility index (Phi) is 6.03. The molecule has 0 aromatic carbocycles. The van der Waals surface area contributed by atoms with E-state index in [0.717, 1.165) is 80.9 Å². The van der Waals surface area contributed by atoms with Crippen LogP contribution in [-0.2, 0) is 17.8 Å². The fraction of sp³-hybridized carbons (Fsp3) is 0.684. The van der Waals surface area contributed by atoms with Gasteiger partial charge in [0.1, 0.15) is 11.5 Å². The summed E-state index contributed by atoms with van der Waals surface area (Å²) in [6.07, 6.45) is 2.64. The van der Waals surface area contributed by atoms with Gasteiger partial charge in [0.2, 0.25) is 5.91 Å². The van der Waals surface area contributed by atoms with Gasteiger partial charge in [-0.25, -0.2) is 4.98 Å². The summed E-state index contributed by atoms with van der Waals surface area (Å²) in [5.41, 5.74) is 0.898. The summed E-state index contributed by atoms with van der Waals surface area (Å²) in [5.74, 6) is 1.98. The molecule has 9 heteroatoms. The van der Waals surface area contributed by atoms with E-state index < -0.39 is 0 Å². The number of aromatic nitrogens is 4. The van der Waals surface area contributed by atoms with Crippen molar-refractivity contribution in [1.29, 1.82) is 0 Å². The molecule has 1 N–H and O–H groups in total. The quantitative estimate of drug-likeness (QED) is 0.807. The molecule has 2 aromatic heterocycles. The van der Waals surface area contributed by atoms with E-state index in [1.165, 1.54) is 0 Å². The molecule has 0 spiro atoms. The number of carbonyl (C=O) groups is 1. The molecule has 28 heavy (non-hydrogen) atoms. The molecule has 0 bridgehead atoms. The zero-order valence-corrected chi connectivity index (χ0v) is 17.5. The third kappa shape index (κ3) is 4.42. The van der Waals surface area contributed by atoms with E-state index in [9.17, 15) is 4.79 Å². The molecule has 2 aromatic rings. The minimum absolute atomic E-state index is 0.142. The molecule has 0 radical (unpaired) electrons. The molecule has 8 nitrogen and oxygen atoms in total. The van der Waals surface area contributed by atoms with Gasteiger partial charge in [0.25, 0.3) is 0 Å². The average Bonchev–Trinajstić information content (AvgIpc) is 3.25. The highest BCUT2D eigenvalue weighted by atomic mass is 32.1. The Morgan fingerprint density at radius 3 is 2.68 bits per heavy atom. The first kappa shape index (κ1) is 19.5. The summed E-state index contributed by atoms with van der Waals surface area (Å²) >= 11 is 1.63. The normalized spacial score (nSPS) is 21.3. The molecule has 1 atom stereocenters. The van der Waals surface area contributed by atoms with Crippen LogP contribution in [0.2, 0.25) is 0 Å². The van der Waals surface area contributed by atoms with Gasteiger partial charge in [0, 0.05) is 50.6 Å². The number of fused-ring (bicyclic) bond motifs is 1. The van der Waals surface area contributed by atoms with Crippen molar-refractivity contribution >= 4 is 17.2 Å². The standard InChI is InChI=1S/C19H29N7OS/c1-3-24-8-10-25(11-9-24)12-18(27)21-15-4-5-17-22-23-19(26(17)7-6-15)16-13-28-14(2)20-16/h13,15H,3-12H2,1-2H3,(H,21,27). The maximum Gasteiger partial charge on any atom is 0.234 e. The van der Waals surface area contributed by atoms with Crippen molar-refractivity contribution in [2.75, 3.05) is 39.3 Å². The van der Waals surface area contributed by atoms with Crippen molar-refractivity contribution in [2.45, 2.75) is 45.7 Å². The van der Waals surface area contributed by atoms with Crippen LogP contribution < -0.4 is 5.32 Å². The SMILES string of the molecule is CCN1CCN(CC(=O)NC2CCc3nnc(-c4csc(C)n4)n3CC2)CC1. The first-order chi connectivity index (χ1) is 13.6. The predicted octanol–water partition coefficient (Wildman–Crippen LogP) is 1.17. The van der Waals surface area contributed by atoms with Crippen molar-refractivity contribution in [2.24, 2.45) is 0 Å². The number of aryl methyl sites for hydroxylation is 2. The molecule has 1 amide bonds. The van der Waals surface area contributed by atoms with Crippen molar-refractivity contribution in [3.05, 3.63) is 16.2 Å². The largest absolute Gasteiger partial charge is 0.352 e. The van der Waals surface area contributed by atoms with Crippen molar-refractivity contribution in [3.63, 3.8) is 0 Å². The fourth-order valence-electron chi connectivity index (χ4n) is 4.03. The number of amides is 1. The Labute approximate surface area is 170 Å². The van der Waals surface area contributed by atoms with Crippen LogP contribution >= 0.6 is 11.3 Å². The Morgan fingerprint density at radius 1 is 1.18 bits per heavy atom. The molecule has 1 saturated heterocycles. The fourth-order valence-corrected chi connectivity index (χ4v) is 4.62. The maximum absolute atomic E-state index is 12.5. The number of rotatable bonds is 5. The zero-order valence-electron chi connectivity index (χ0n) is 16.7. The highest BCUT2D eigenvalue weighted by Gasteiger charge is 2.24. The Hall–Kier alpha value is -1.84. The molecule has 0 aliphatic carbocycles. The van der Waals surface area contributed by atoms with Gasteiger partial charge in [0.05, 0.1) is 11.6 Å². The highest BCUT2D eigenvalue weighted by molar-refractivity contribution is 7.09. The predicted molar refractivity (Wildman–Crippen MR) is 109 cm³/mol. The zero-order chi connectivity index (χ0) is 19.5. The van der Waals surface area contributed by atoms with Crippen LogP contribution in [0.25, 0.3) is 11.5 Å². The lowest BCUT2D eigenvalue weighted by atomic mass is 10.1. The highest BCUT2D eigenvalue weighted by Crippen LogP contribution is 2.24. The van der Waals surface area contributed by atoms with Gasteiger partial charge in [-0.1, -0.05) is 6.92 Å². The van der Waals surface area contributed by atoms with Crippen LogP contribution in [0.15, 0.2) is 5.38 Å². The van der Waals surface area contributed by atoms with E-state index in [-0.39, 0.29) is 11.9 Å². The van der Waals surface area contributed by atoms with Crippen LogP contribution in [0, 0.1) is 6.92 Å².